The molecule has 0 aromatic carbocycles. The first kappa shape index (κ1) is 21.1. The van der Waals surface area contributed by atoms with Crippen molar-refractivity contribution in [1.29, 1.82) is 0 Å². The van der Waals surface area contributed by atoms with Crippen molar-refractivity contribution in [3.05, 3.63) is 65.2 Å². The van der Waals surface area contributed by atoms with Gasteiger partial charge >= 0.3 is 0 Å². The fraction of sp³-hybridized carbons (Fsp3) is 0.130. The van der Waals surface area contributed by atoms with E-state index in [1.807, 2.05) is 60.7 Å². The van der Waals surface area contributed by atoms with Crippen LogP contribution in [0.4, 0.5) is 0 Å². The second kappa shape index (κ2) is 8.91. The minimum absolute atomic E-state index is 0. The molecule has 5 heterocycles. The van der Waals surface area contributed by atoms with Gasteiger partial charge < -0.3 is 26.2 Å². The molecule has 8 heteroatoms. The van der Waals surface area contributed by atoms with E-state index in [9.17, 15) is 0 Å². The molecule has 0 amide bonds. The fourth-order valence-electron chi connectivity index (χ4n) is 3.43. The Hall–Kier alpha value is -3.16. The van der Waals surface area contributed by atoms with E-state index in [-0.39, 0.29) is 17.1 Å². The van der Waals surface area contributed by atoms with Crippen LogP contribution in [0, 0.1) is 0 Å². The van der Waals surface area contributed by atoms with Crippen molar-refractivity contribution in [2.24, 2.45) is 11.5 Å². The van der Waals surface area contributed by atoms with Crippen LogP contribution < -0.4 is 16.2 Å². The van der Waals surface area contributed by atoms with Gasteiger partial charge in [0.25, 0.3) is 0 Å². The average molecular weight is 453 g/mol. The predicted octanol–water partition coefficient (Wildman–Crippen LogP) is 3.67. The van der Waals surface area contributed by atoms with E-state index in [0.717, 1.165) is 44.8 Å². The Bertz CT molecular complexity index is 1230. The van der Waals surface area contributed by atoms with Crippen molar-refractivity contribution < 1.29 is 21.8 Å². The number of H-pyrrole nitrogens is 2. The SMILES string of the molecule is NC(N)CCOc1c2nc(cc3ccc(cc4ccc(cc5nc1C=C5)[nH]4)[nH]3)C=C2.[Mn]. The summed E-state index contributed by atoms with van der Waals surface area (Å²) in [7, 11) is 0. The van der Waals surface area contributed by atoms with Gasteiger partial charge in [0, 0.05) is 45.6 Å². The normalized spacial score (nSPS) is 12.2. The Morgan fingerprint density at radius 2 is 1.23 bits per heavy atom. The van der Waals surface area contributed by atoms with E-state index in [4.69, 9.17) is 26.2 Å². The molecule has 5 rings (SSSR count). The van der Waals surface area contributed by atoms with Crippen LogP contribution in [-0.2, 0) is 17.1 Å². The van der Waals surface area contributed by atoms with Crippen LogP contribution in [0.1, 0.15) is 29.2 Å². The van der Waals surface area contributed by atoms with Crippen LogP contribution in [0.15, 0.2) is 42.5 Å². The number of nitrogens with one attached hydrogen (secondary N) is 2. The van der Waals surface area contributed by atoms with E-state index in [2.05, 4.69) is 16.0 Å². The molecule has 7 nitrogen and oxygen atoms in total. The van der Waals surface area contributed by atoms with Crippen LogP contribution >= 0.6 is 0 Å². The first-order valence-corrected chi connectivity index (χ1v) is 9.84. The van der Waals surface area contributed by atoms with Gasteiger partial charge in [0.2, 0.25) is 0 Å². The largest absolute Gasteiger partial charge is 0.489 e. The van der Waals surface area contributed by atoms with Crippen molar-refractivity contribution >= 4 is 46.4 Å². The van der Waals surface area contributed by atoms with E-state index >= 15 is 0 Å². The molecule has 2 aliphatic rings. The molecule has 1 radical (unpaired) electrons. The van der Waals surface area contributed by atoms with Gasteiger partial charge in [0.1, 0.15) is 11.4 Å². The molecule has 157 valence electrons. The first-order valence-electron chi connectivity index (χ1n) is 9.84. The minimum Gasteiger partial charge on any atom is -0.489 e. The van der Waals surface area contributed by atoms with E-state index in [0.29, 0.717) is 18.8 Å². The Morgan fingerprint density at radius 3 is 1.71 bits per heavy atom. The number of ether oxygens (including phenoxy) is 1. The number of nitrogens with zero attached hydrogens (tertiary/aromatic N) is 2. The zero-order valence-electron chi connectivity index (χ0n) is 16.7. The number of hydrogen-bond acceptors (Lipinski definition) is 5. The second-order valence-electron chi connectivity index (χ2n) is 7.31. The quantitative estimate of drug-likeness (QED) is 0.245. The molecule has 0 spiro atoms. The van der Waals surface area contributed by atoms with Crippen LogP contribution in [0.2, 0.25) is 0 Å². The zero-order chi connectivity index (χ0) is 20.5. The summed E-state index contributed by atoms with van der Waals surface area (Å²) in [5, 5.41) is 0. The van der Waals surface area contributed by atoms with Gasteiger partial charge in [-0.15, -0.1) is 0 Å². The summed E-state index contributed by atoms with van der Waals surface area (Å²) < 4.78 is 6.03. The van der Waals surface area contributed by atoms with Crippen LogP contribution in [0.25, 0.3) is 46.4 Å². The van der Waals surface area contributed by atoms with Crippen molar-refractivity contribution in [1.82, 2.24) is 19.9 Å². The van der Waals surface area contributed by atoms with E-state index in [1.165, 1.54) is 0 Å². The molecule has 0 unspecified atom stereocenters. The van der Waals surface area contributed by atoms with E-state index < -0.39 is 6.17 Å². The maximum absolute atomic E-state index is 6.03. The number of hydrogen-bond donors (Lipinski definition) is 4. The maximum atomic E-state index is 6.03. The summed E-state index contributed by atoms with van der Waals surface area (Å²) in [5.74, 6) is 0.620. The standard InChI is InChI=1S/C23H22N6O.Mn/c24-22(25)9-10-30-23-20-7-5-18(28-20)12-16-3-1-14(26-16)11-15-2-4-17(27-15)13-19-6-8-21(23)29-19;/h1-8,11-13,22,26-27H,9-10,24-25H2;. The molecule has 0 fully saturated rings. The Balaban J connectivity index is 0.00000231. The molecule has 3 aromatic rings. The second-order valence-corrected chi connectivity index (χ2v) is 7.31. The van der Waals surface area contributed by atoms with Gasteiger partial charge in [0.15, 0.2) is 5.75 Å². The minimum atomic E-state index is -0.425. The summed E-state index contributed by atoms with van der Waals surface area (Å²) in [4.78, 5) is 16.2. The van der Waals surface area contributed by atoms with Gasteiger partial charge in [-0.1, -0.05) is 0 Å². The molecule has 0 aliphatic carbocycles. The third kappa shape index (κ3) is 4.78. The molecule has 2 aliphatic heterocycles. The molecular weight excluding hydrogens is 431 g/mol. The molecule has 8 bridgehead atoms. The zero-order valence-corrected chi connectivity index (χ0v) is 17.9. The fourth-order valence-corrected chi connectivity index (χ4v) is 3.43. The Morgan fingerprint density at radius 1 is 0.742 bits per heavy atom. The van der Waals surface area contributed by atoms with Crippen LogP contribution in [0.3, 0.4) is 0 Å². The molecule has 0 saturated carbocycles. The summed E-state index contributed by atoms with van der Waals surface area (Å²) in [6.45, 7) is 0.390. The Kier molecular flexibility index (Phi) is 6.06. The van der Waals surface area contributed by atoms with Gasteiger partial charge in [-0.25, -0.2) is 9.97 Å². The topological polar surface area (TPSA) is 119 Å². The molecule has 31 heavy (non-hydrogen) atoms. The van der Waals surface area contributed by atoms with Gasteiger partial charge in [-0.2, -0.15) is 0 Å². The van der Waals surface area contributed by atoms with Crippen molar-refractivity contribution in [3.63, 3.8) is 0 Å². The third-order valence-electron chi connectivity index (χ3n) is 4.87. The van der Waals surface area contributed by atoms with Crippen molar-refractivity contribution in [3.8, 4) is 5.75 Å². The molecule has 0 saturated heterocycles. The maximum Gasteiger partial charge on any atom is 0.170 e. The molecule has 3 aromatic heterocycles. The third-order valence-corrected chi connectivity index (χ3v) is 4.87. The van der Waals surface area contributed by atoms with Crippen LogP contribution in [-0.4, -0.2) is 32.7 Å². The summed E-state index contributed by atoms with van der Waals surface area (Å²) >= 11 is 0. The number of fused-ring (bicyclic) bond motifs is 8. The van der Waals surface area contributed by atoms with Crippen molar-refractivity contribution in [2.45, 2.75) is 12.6 Å². The number of rotatable bonds is 4. The molecule has 0 atom stereocenters. The summed E-state index contributed by atoms with van der Waals surface area (Å²) in [6, 6.07) is 14.2. The van der Waals surface area contributed by atoms with Gasteiger partial charge in [-0.3, -0.25) is 0 Å². The number of aromatic nitrogens is 4. The van der Waals surface area contributed by atoms with Gasteiger partial charge in [-0.05, 0) is 66.8 Å². The monoisotopic (exact) mass is 453 g/mol. The van der Waals surface area contributed by atoms with Crippen LogP contribution in [0.5, 0.6) is 5.75 Å². The van der Waals surface area contributed by atoms with E-state index in [1.54, 1.807) is 0 Å². The molecular formula is C23H22MnN6O. The molecule has 6 N–H and O–H groups in total. The number of nitrogens with two attached hydrogens (primary N) is 2. The first-order chi connectivity index (χ1) is 14.6. The Labute approximate surface area is 189 Å². The van der Waals surface area contributed by atoms with Gasteiger partial charge in [0.05, 0.1) is 24.2 Å². The predicted molar refractivity (Wildman–Crippen MR) is 121 cm³/mol. The van der Waals surface area contributed by atoms with Crippen molar-refractivity contribution in [2.75, 3.05) is 6.61 Å². The smallest absolute Gasteiger partial charge is 0.170 e. The number of aromatic amines is 2. The summed E-state index contributed by atoms with van der Waals surface area (Å²) in [6.07, 6.45) is 7.91. The average Bonchev–Trinajstić information content (AvgIpc) is 3.49. The summed E-state index contributed by atoms with van der Waals surface area (Å²) in [5.41, 5.74) is 18.4.